The van der Waals surface area contributed by atoms with Crippen LogP contribution in [0.5, 0.6) is 0 Å². The number of esters is 3. The van der Waals surface area contributed by atoms with Crippen molar-refractivity contribution in [3.8, 4) is 0 Å². The number of ether oxygens (including phenoxy) is 3. The first-order chi connectivity index (χ1) is 36.5. The van der Waals surface area contributed by atoms with Crippen molar-refractivity contribution in [2.24, 2.45) is 0 Å². The van der Waals surface area contributed by atoms with Gasteiger partial charge in [0.15, 0.2) is 6.10 Å². The molecule has 0 aromatic rings. The molecule has 6 nitrogen and oxygen atoms in total. The Bertz CT molecular complexity index is 1280. The molecule has 0 heterocycles. The quantitative estimate of drug-likeness (QED) is 0.0261. The molecule has 6 heteroatoms. The molecule has 0 aromatic heterocycles. The van der Waals surface area contributed by atoms with Gasteiger partial charge in [-0.1, -0.05) is 294 Å². The van der Waals surface area contributed by atoms with Crippen LogP contribution in [-0.2, 0) is 28.6 Å². The van der Waals surface area contributed by atoms with Gasteiger partial charge in [-0.05, 0) is 83.5 Å². The fraction of sp³-hybridized carbons (Fsp3) is 0.838. The zero-order valence-corrected chi connectivity index (χ0v) is 49.6. The van der Waals surface area contributed by atoms with E-state index in [-0.39, 0.29) is 31.1 Å². The summed E-state index contributed by atoms with van der Waals surface area (Å²) in [6, 6.07) is 0. The van der Waals surface area contributed by atoms with Gasteiger partial charge in [0.2, 0.25) is 0 Å². The van der Waals surface area contributed by atoms with Crippen LogP contribution in [0, 0.1) is 0 Å². The van der Waals surface area contributed by atoms with Gasteiger partial charge in [-0.15, -0.1) is 0 Å². The number of unbranched alkanes of at least 4 members (excludes halogenated alkanes) is 41. The maximum atomic E-state index is 12.8. The molecule has 0 aliphatic carbocycles. The number of carbonyl (C=O) groups excluding carboxylic acids is 3. The van der Waals surface area contributed by atoms with Crippen LogP contribution >= 0.6 is 0 Å². The molecule has 0 saturated carbocycles. The summed E-state index contributed by atoms with van der Waals surface area (Å²) in [6.07, 6.45) is 78.6. The second-order valence-corrected chi connectivity index (χ2v) is 22.0. The minimum Gasteiger partial charge on any atom is -0.462 e. The summed E-state index contributed by atoms with van der Waals surface area (Å²) in [5.41, 5.74) is 0. The molecular formula is C68H124O6. The highest BCUT2D eigenvalue weighted by Gasteiger charge is 2.19. The zero-order valence-electron chi connectivity index (χ0n) is 49.6. The molecule has 0 rings (SSSR count). The molecule has 0 aliphatic rings. The lowest BCUT2D eigenvalue weighted by Crippen LogP contribution is -2.30. The SMILES string of the molecule is CCCCC/C=C\C/C=C\CCCCCCCCCC(=O)OC(COC(=O)CCCCCCCCCC)COC(=O)CCCCCCCCCCCCCCCCCCCCC/C=C\C/C=C\CCCCCCC. The third-order valence-electron chi connectivity index (χ3n) is 14.6. The van der Waals surface area contributed by atoms with Crippen LogP contribution in [0.4, 0.5) is 0 Å². The van der Waals surface area contributed by atoms with Gasteiger partial charge in [0.25, 0.3) is 0 Å². The first-order valence-corrected chi connectivity index (χ1v) is 32.6. The van der Waals surface area contributed by atoms with Crippen LogP contribution < -0.4 is 0 Å². The van der Waals surface area contributed by atoms with Crippen LogP contribution in [0.25, 0.3) is 0 Å². The van der Waals surface area contributed by atoms with E-state index in [0.29, 0.717) is 19.3 Å². The van der Waals surface area contributed by atoms with E-state index in [1.54, 1.807) is 0 Å². The lowest BCUT2D eigenvalue weighted by Gasteiger charge is -2.18. The Morgan fingerprint density at radius 2 is 0.486 bits per heavy atom. The Balaban J connectivity index is 4.04. The summed E-state index contributed by atoms with van der Waals surface area (Å²) in [7, 11) is 0. The van der Waals surface area contributed by atoms with Gasteiger partial charge in [0, 0.05) is 19.3 Å². The number of carbonyl (C=O) groups is 3. The maximum Gasteiger partial charge on any atom is 0.306 e. The maximum absolute atomic E-state index is 12.8. The minimum atomic E-state index is -0.773. The molecule has 1 unspecified atom stereocenters. The van der Waals surface area contributed by atoms with Crippen LogP contribution in [0.2, 0.25) is 0 Å². The van der Waals surface area contributed by atoms with Gasteiger partial charge in [0.05, 0.1) is 0 Å². The van der Waals surface area contributed by atoms with Gasteiger partial charge in [-0.25, -0.2) is 0 Å². The van der Waals surface area contributed by atoms with E-state index in [1.807, 2.05) is 0 Å². The molecule has 0 bridgehead atoms. The first kappa shape index (κ1) is 71.4. The monoisotopic (exact) mass is 1040 g/mol. The lowest BCUT2D eigenvalue weighted by molar-refractivity contribution is -0.167. The number of rotatable bonds is 60. The van der Waals surface area contributed by atoms with E-state index in [1.165, 1.54) is 231 Å². The Hall–Kier alpha value is -2.63. The topological polar surface area (TPSA) is 78.9 Å². The van der Waals surface area contributed by atoms with Crippen LogP contribution in [-0.4, -0.2) is 37.2 Å². The van der Waals surface area contributed by atoms with Gasteiger partial charge >= 0.3 is 17.9 Å². The molecule has 0 aliphatic heterocycles. The van der Waals surface area contributed by atoms with Gasteiger partial charge in [-0.2, -0.15) is 0 Å². The van der Waals surface area contributed by atoms with Gasteiger partial charge < -0.3 is 14.2 Å². The summed E-state index contributed by atoms with van der Waals surface area (Å²) in [4.78, 5) is 38.1. The smallest absolute Gasteiger partial charge is 0.306 e. The summed E-state index contributed by atoms with van der Waals surface area (Å²) >= 11 is 0. The summed E-state index contributed by atoms with van der Waals surface area (Å²) in [5, 5.41) is 0. The summed E-state index contributed by atoms with van der Waals surface area (Å²) in [6.45, 7) is 6.61. The zero-order chi connectivity index (χ0) is 53.6. The predicted molar refractivity (Wildman–Crippen MR) is 321 cm³/mol. The normalized spacial score (nSPS) is 12.3. The molecule has 0 spiro atoms. The van der Waals surface area contributed by atoms with Crippen molar-refractivity contribution in [1.29, 1.82) is 0 Å². The second-order valence-electron chi connectivity index (χ2n) is 22.0. The molecule has 0 N–H and O–H groups in total. The molecule has 1 atom stereocenters. The lowest BCUT2D eigenvalue weighted by atomic mass is 10.0. The molecule has 74 heavy (non-hydrogen) atoms. The number of allylic oxidation sites excluding steroid dienone is 8. The first-order valence-electron chi connectivity index (χ1n) is 32.6. The highest BCUT2D eigenvalue weighted by atomic mass is 16.6. The highest BCUT2D eigenvalue weighted by Crippen LogP contribution is 2.17. The second kappa shape index (κ2) is 62.9. The van der Waals surface area contributed by atoms with E-state index in [9.17, 15) is 14.4 Å². The van der Waals surface area contributed by atoms with E-state index >= 15 is 0 Å². The molecule has 0 aromatic carbocycles. The van der Waals surface area contributed by atoms with Crippen molar-refractivity contribution < 1.29 is 28.6 Å². The third-order valence-corrected chi connectivity index (χ3v) is 14.6. The predicted octanol–water partition coefficient (Wildman–Crippen LogP) is 22.2. The fourth-order valence-corrected chi connectivity index (χ4v) is 9.62. The average Bonchev–Trinajstić information content (AvgIpc) is 3.40. The van der Waals surface area contributed by atoms with Crippen LogP contribution in [0.1, 0.15) is 348 Å². The van der Waals surface area contributed by atoms with Crippen molar-refractivity contribution in [3.05, 3.63) is 48.6 Å². The van der Waals surface area contributed by atoms with Crippen molar-refractivity contribution in [2.45, 2.75) is 354 Å². The summed E-state index contributed by atoms with van der Waals surface area (Å²) < 4.78 is 16.9. The molecule has 432 valence electrons. The van der Waals surface area contributed by atoms with Crippen LogP contribution in [0.3, 0.4) is 0 Å². The summed E-state index contributed by atoms with van der Waals surface area (Å²) in [5.74, 6) is -0.866. The standard InChI is InChI=1S/C68H124O6/c1-4-7-10-13-16-19-21-23-25-27-28-29-30-31-32-33-34-35-36-37-38-39-40-42-43-45-47-49-52-55-58-61-67(70)73-64-65(63-72-66(69)60-57-54-51-18-15-12-9-6-3)74-68(71)62-59-56-53-50-48-46-44-41-26-24-22-20-17-14-11-8-5-2/h17,20-21,23-24,26-28,65H,4-16,18-19,22,25,29-64H2,1-3H3/b20-17-,23-21-,26-24-,28-27-. The Morgan fingerprint density at radius 1 is 0.270 bits per heavy atom. The van der Waals surface area contributed by atoms with Crippen molar-refractivity contribution >= 4 is 17.9 Å². The molecule has 0 amide bonds. The number of hydrogen-bond donors (Lipinski definition) is 0. The van der Waals surface area contributed by atoms with Crippen LogP contribution in [0.15, 0.2) is 48.6 Å². The Kier molecular flexibility index (Phi) is 60.7. The van der Waals surface area contributed by atoms with E-state index in [0.717, 1.165) is 77.0 Å². The highest BCUT2D eigenvalue weighted by molar-refractivity contribution is 5.71. The van der Waals surface area contributed by atoms with E-state index in [4.69, 9.17) is 14.2 Å². The van der Waals surface area contributed by atoms with Gasteiger partial charge in [0.1, 0.15) is 13.2 Å². The van der Waals surface area contributed by atoms with Crippen molar-refractivity contribution in [1.82, 2.24) is 0 Å². The fourth-order valence-electron chi connectivity index (χ4n) is 9.62. The van der Waals surface area contributed by atoms with Crippen molar-refractivity contribution in [2.75, 3.05) is 13.2 Å². The van der Waals surface area contributed by atoms with E-state index < -0.39 is 6.10 Å². The minimum absolute atomic E-state index is 0.0721. The van der Waals surface area contributed by atoms with Gasteiger partial charge in [-0.3, -0.25) is 14.4 Å². The third kappa shape index (κ3) is 60.2. The molecule has 0 radical (unpaired) electrons. The van der Waals surface area contributed by atoms with Crippen molar-refractivity contribution in [3.63, 3.8) is 0 Å². The van der Waals surface area contributed by atoms with E-state index in [2.05, 4.69) is 69.4 Å². The number of hydrogen-bond acceptors (Lipinski definition) is 6. The molecule has 0 saturated heterocycles. The largest absolute Gasteiger partial charge is 0.462 e. The molecular weight excluding hydrogens is 913 g/mol. The Morgan fingerprint density at radius 3 is 0.770 bits per heavy atom. The Labute approximate surface area is 460 Å². The average molecular weight is 1040 g/mol. The molecule has 0 fully saturated rings.